The Kier molecular flexibility index (Phi) is 5.53. The number of hydrogen-bond acceptors (Lipinski definition) is 5. The molecule has 0 bridgehead atoms. The van der Waals surface area contributed by atoms with Gasteiger partial charge in [-0.3, -0.25) is 9.59 Å². The standard InChI is InChI=1S/C23H26N2O5/c1-23(22(27)24-14-16-7-8-19-20(13-16)30-15-29-19)9-11-25(12-10-23)21(26)17-5-3-4-6-18(17)28-2/h3-8,13H,9-12,14-15H2,1-2H3,(H,24,27). The fourth-order valence-electron chi connectivity index (χ4n) is 3.87. The van der Waals surface area contributed by atoms with Crippen LogP contribution in [0.3, 0.4) is 0 Å². The summed E-state index contributed by atoms with van der Waals surface area (Å²) in [4.78, 5) is 27.6. The number of carbonyl (C=O) groups excluding carboxylic acids is 2. The highest BCUT2D eigenvalue weighted by Crippen LogP contribution is 2.34. The molecule has 7 nitrogen and oxygen atoms in total. The van der Waals surface area contributed by atoms with Crippen molar-refractivity contribution in [3.63, 3.8) is 0 Å². The maximum Gasteiger partial charge on any atom is 0.257 e. The number of fused-ring (bicyclic) bond motifs is 1. The molecule has 158 valence electrons. The van der Waals surface area contributed by atoms with Crippen molar-refractivity contribution in [1.82, 2.24) is 10.2 Å². The molecular weight excluding hydrogens is 384 g/mol. The van der Waals surface area contributed by atoms with Crippen LogP contribution in [-0.2, 0) is 11.3 Å². The van der Waals surface area contributed by atoms with E-state index in [4.69, 9.17) is 14.2 Å². The fraction of sp³-hybridized carbons (Fsp3) is 0.391. The lowest BCUT2D eigenvalue weighted by atomic mass is 9.79. The van der Waals surface area contributed by atoms with E-state index in [9.17, 15) is 9.59 Å². The van der Waals surface area contributed by atoms with Crippen LogP contribution in [0.25, 0.3) is 0 Å². The molecule has 7 heteroatoms. The van der Waals surface area contributed by atoms with Crippen molar-refractivity contribution < 1.29 is 23.8 Å². The Hall–Kier alpha value is -3.22. The maximum atomic E-state index is 12.9. The summed E-state index contributed by atoms with van der Waals surface area (Å²) in [5, 5.41) is 3.04. The van der Waals surface area contributed by atoms with Crippen LogP contribution in [0, 0.1) is 5.41 Å². The molecule has 0 unspecified atom stereocenters. The summed E-state index contributed by atoms with van der Waals surface area (Å²) in [5.41, 5.74) is 1.00. The largest absolute Gasteiger partial charge is 0.496 e. The minimum absolute atomic E-state index is 0.00422. The van der Waals surface area contributed by atoms with Gasteiger partial charge in [0, 0.05) is 25.0 Å². The Morgan fingerprint density at radius 3 is 2.60 bits per heavy atom. The molecule has 0 atom stereocenters. The van der Waals surface area contributed by atoms with E-state index in [-0.39, 0.29) is 18.6 Å². The highest BCUT2D eigenvalue weighted by molar-refractivity contribution is 5.97. The SMILES string of the molecule is COc1ccccc1C(=O)N1CCC(C)(C(=O)NCc2ccc3c(c2)OCO3)CC1. The second-order valence-corrected chi connectivity index (χ2v) is 7.92. The van der Waals surface area contributed by atoms with Crippen molar-refractivity contribution in [2.24, 2.45) is 5.41 Å². The van der Waals surface area contributed by atoms with Crippen LogP contribution in [0.2, 0.25) is 0 Å². The number of benzene rings is 2. The summed E-state index contributed by atoms with van der Waals surface area (Å²) in [6.07, 6.45) is 1.22. The van der Waals surface area contributed by atoms with Crippen molar-refractivity contribution in [3.8, 4) is 17.2 Å². The van der Waals surface area contributed by atoms with Crippen molar-refractivity contribution in [3.05, 3.63) is 53.6 Å². The van der Waals surface area contributed by atoms with Crippen LogP contribution in [0.1, 0.15) is 35.7 Å². The summed E-state index contributed by atoms with van der Waals surface area (Å²) >= 11 is 0. The second kappa shape index (κ2) is 8.26. The van der Waals surface area contributed by atoms with Gasteiger partial charge in [-0.15, -0.1) is 0 Å². The molecule has 0 aliphatic carbocycles. The van der Waals surface area contributed by atoms with Gasteiger partial charge in [0.2, 0.25) is 12.7 Å². The number of likely N-dealkylation sites (tertiary alicyclic amines) is 1. The zero-order chi connectivity index (χ0) is 21.1. The van der Waals surface area contributed by atoms with Crippen LogP contribution < -0.4 is 19.5 Å². The molecule has 2 aromatic carbocycles. The maximum absolute atomic E-state index is 12.9. The summed E-state index contributed by atoms with van der Waals surface area (Å²) in [6, 6.07) is 12.9. The number of nitrogens with zero attached hydrogens (tertiary/aromatic N) is 1. The lowest BCUT2D eigenvalue weighted by molar-refractivity contribution is -0.132. The zero-order valence-corrected chi connectivity index (χ0v) is 17.3. The van der Waals surface area contributed by atoms with Gasteiger partial charge >= 0.3 is 0 Å². The number of nitrogens with one attached hydrogen (secondary N) is 1. The summed E-state index contributed by atoms with van der Waals surface area (Å²) < 4.78 is 16.0. The van der Waals surface area contributed by atoms with E-state index < -0.39 is 5.41 Å². The Bertz CT molecular complexity index is 950. The molecule has 1 saturated heterocycles. The summed E-state index contributed by atoms with van der Waals surface area (Å²) in [7, 11) is 1.56. The summed E-state index contributed by atoms with van der Waals surface area (Å²) in [6.45, 7) is 3.69. The first kappa shape index (κ1) is 20.1. The van der Waals surface area contributed by atoms with Gasteiger partial charge in [-0.25, -0.2) is 0 Å². The van der Waals surface area contributed by atoms with Gasteiger partial charge in [0.25, 0.3) is 5.91 Å². The molecule has 2 heterocycles. The Balaban J connectivity index is 1.34. The normalized spacial score (nSPS) is 16.8. The van der Waals surface area contributed by atoms with E-state index in [1.54, 1.807) is 24.1 Å². The first-order valence-corrected chi connectivity index (χ1v) is 10.1. The monoisotopic (exact) mass is 410 g/mol. The average molecular weight is 410 g/mol. The first-order valence-electron chi connectivity index (χ1n) is 10.1. The van der Waals surface area contributed by atoms with Crippen LogP contribution in [0.15, 0.2) is 42.5 Å². The number of piperidine rings is 1. The van der Waals surface area contributed by atoms with Crippen LogP contribution in [0.5, 0.6) is 17.2 Å². The Morgan fingerprint density at radius 2 is 1.83 bits per heavy atom. The molecule has 0 saturated carbocycles. The lowest BCUT2D eigenvalue weighted by Crippen LogP contribution is -2.48. The molecule has 2 aliphatic heterocycles. The van der Waals surface area contributed by atoms with Gasteiger partial charge in [-0.05, 0) is 42.7 Å². The van der Waals surface area contributed by atoms with Crippen LogP contribution in [-0.4, -0.2) is 43.7 Å². The fourth-order valence-corrected chi connectivity index (χ4v) is 3.87. The Morgan fingerprint density at radius 1 is 1.10 bits per heavy atom. The quantitative estimate of drug-likeness (QED) is 0.820. The first-order chi connectivity index (χ1) is 14.5. The number of ether oxygens (including phenoxy) is 3. The predicted molar refractivity (Wildman–Crippen MR) is 111 cm³/mol. The topological polar surface area (TPSA) is 77.1 Å². The van der Waals surface area contributed by atoms with Crippen molar-refractivity contribution in [2.45, 2.75) is 26.3 Å². The minimum atomic E-state index is -0.506. The highest BCUT2D eigenvalue weighted by Gasteiger charge is 2.38. The van der Waals surface area contributed by atoms with Gasteiger partial charge in [-0.1, -0.05) is 25.1 Å². The average Bonchev–Trinajstić information content (AvgIpc) is 3.25. The highest BCUT2D eigenvalue weighted by atomic mass is 16.7. The molecule has 0 aromatic heterocycles. The predicted octanol–water partition coefficient (Wildman–Crippen LogP) is 2.98. The van der Waals surface area contributed by atoms with Crippen molar-refractivity contribution >= 4 is 11.8 Å². The van der Waals surface area contributed by atoms with E-state index in [1.165, 1.54) is 0 Å². The van der Waals surface area contributed by atoms with E-state index in [0.717, 1.165) is 11.3 Å². The number of hydrogen-bond donors (Lipinski definition) is 1. The third-order valence-corrected chi connectivity index (χ3v) is 5.93. The molecule has 4 rings (SSSR count). The Labute approximate surface area is 175 Å². The summed E-state index contributed by atoms with van der Waals surface area (Å²) in [5.74, 6) is 1.94. The molecule has 30 heavy (non-hydrogen) atoms. The van der Waals surface area contributed by atoms with Crippen molar-refractivity contribution in [2.75, 3.05) is 27.0 Å². The van der Waals surface area contributed by atoms with E-state index in [2.05, 4.69) is 5.32 Å². The van der Waals surface area contributed by atoms with E-state index >= 15 is 0 Å². The van der Waals surface area contributed by atoms with Gasteiger partial charge in [0.15, 0.2) is 11.5 Å². The smallest absolute Gasteiger partial charge is 0.257 e. The molecule has 2 amide bonds. The number of amides is 2. The number of carbonyl (C=O) groups is 2. The minimum Gasteiger partial charge on any atom is -0.496 e. The van der Waals surface area contributed by atoms with Gasteiger partial charge in [-0.2, -0.15) is 0 Å². The number of para-hydroxylation sites is 1. The molecule has 1 fully saturated rings. The number of methoxy groups -OCH3 is 1. The lowest BCUT2D eigenvalue weighted by Gasteiger charge is -2.38. The molecule has 0 spiro atoms. The molecule has 2 aromatic rings. The third kappa shape index (κ3) is 3.92. The van der Waals surface area contributed by atoms with E-state index in [1.807, 2.05) is 37.3 Å². The zero-order valence-electron chi connectivity index (χ0n) is 17.3. The van der Waals surface area contributed by atoms with Gasteiger partial charge < -0.3 is 24.4 Å². The van der Waals surface area contributed by atoms with Gasteiger partial charge in [0.05, 0.1) is 12.7 Å². The molecule has 2 aliphatic rings. The van der Waals surface area contributed by atoms with E-state index in [0.29, 0.717) is 49.5 Å². The second-order valence-electron chi connectivity index (χ2n) is 7.92. The van der Waals surface area contributed by atoms with Gasteiger partial charge in [0.1, 0.15) is 5.75 Å². The molecule has 0 radical (unpaired) electrons. The molecular formula is C23H26N2O5. The third-order valence-electron chi connectivity index (χ3n) is 5.93. The van der Waals surface area contributed by atoms with Crippen LogP contribution >= 0.6 is 0 Å². The van der Waals surface area contributed by atoms with Crippen LogP contribution in [0.4, 0.5) is 0 Å². The van der Waals surface area contributed by atoms with Crippen molar-refractivity contribution in [1.29, 1.82) is 0 Å². The number of rotatable bonds is 5. The molecule has 1 N–H and O–H groups in total.